The molecule has 24 heavy (non-hydrogen) atoms. The highest BCUT2D eigenvalue weighted by Gasteiger charge is 2.03. The number of hydrogen-bond acceptors (Lipinski definition) is 5. The lowest BCUT2D eigenvalue weighted by Gasteiger charge is -2.09. The van der Waals surface area contributed by atoms with Gasteiger partial charge in [0.15, 0.2) is 0 Å². The maximum absolute atomic E-state index is 12.8. The molecule has 1 heterocycles. The van der Waals surface area contributed by atoms with E-state index < -0.39 is 5.91 Å². The van der Waals surface area contributed by atoms with Crippen LogP contribution < -0.4 is 15.5 Å². The number of carbonyl (C=O) groups is 1. The number of benzene rings is 1. The number of pyridine rings is 1. The normalized spacial score (nSPS) is 10.6. The summed E-state index contributed by atoms with van der Waals surface area (Å²) >= 11 is 6.10. The lowest BCUT2D eigenvalue weighted by molar-refractivity contribution is -0.124. The number of ether oxygens (including phenoxy) is 1. The van der Waals surface area contributed by atoms with Gasteiger partial charge >= 0.3 is 0 Å². The molecule has 2 aromatic rings. The van der Waals surface area contributed by atoms with Crippen LogP contribution in [0.1, 0.15) is 5.56 Å². The Hall–Kier alpha value is -2.64. The van der Waals surface area contributed by atoms with Crippen molar-refractivity contribution in [3.05, 3.63) is 59.0 Å². The number of nitrogens with one attached hydrogen (secondary N) is 2. The molecule has 0 unspecified atom stereocenters. The number of amides is 1. The molecule has 0 radical (unpaired) electrons. The number of hydroxylamine groups is 1. The van der Waals surface area contributed by atoms with E-state index >= 15 is 0 Å². The van der Waals surface area contributed by atoms with E-state index in [0.717, 1.165) is 6.08 Å². The average molecular weight is 352 g/mol. The van der Waals surface area contributed by atoms with E-state index in [1.807, 2.05) is 0 Å². The molecule has 0 spiro atoms. The fourth-order valence-corrected chi connectivity index (χ4v) is 1.99. The molecule has 1 aromatic heterocycles. The molecule has 1 amide bonds. The topological polar surface area (TPSA) is 83.5 Å². The summed E-state index contributed by atoms with van der Waals surface area (Å²) in [5, 5.41) is 11.8. The minimum Gasteiger partial charge on any atom is -0.492 e. The van der Waals surface area contributed by atoms with E-state index in [9.17, 15) is 9.18 Å². The number of rotatable bonds is 7. The second-order valence-electron chi connectivity index (χ2n) is 4.64. The van der Waals surface area contributed by atoms with Crippen molar-refractivity contribution in [3.63, 3.8) is 0 Å². The first-order chi connectivity index (χ1) is 11.6. The van der Waals surface area contributed by atoms with E-state index in [4.69, 9.17) is 21.5 Å². The highest BCUT2D eigenvalue weighted by atomic mass is 35.5. The molecule has 0 aliphatic carbocycles. The van der Waals surface area contributed by atoms with Crippen molar-refractivity contribution < 1.29 is 19.1 Å². The maximum atomic E-state index is 12.8. The minimum absolute atomic E-state index is 0.318. The van der Waals surface area contributed by atoms with Gasteiger partial charge in [-0.3, -0.25) is 10.0 Å². The molecular weight excluding hydrogens is 337 g/mol. The van der Waals surface area contributed by atoms with E-state index in [1.165, 1.54) is 29.9 Å². The summed E-state index contributed by atoms with van der Waals surface area (Å²) in [6, 6.07) is 7.36. The SMILES string of the molecule is O=C(C=Cc1cnc(NCCOc2ccc(F)cc2)c(Cl)c1)NO. The molecule has 0 aliphatic rings. The van der Waals surface area contributed by atoms with E-state index in [2.05, 4.69) is 10.3 Å². The summed E-state index contributed by atoms with van der Waals surface area (Å²) in [4.78, 5) is 15.0. The Bertz CT molecular complexity index is 723. The molecule has 0 atom stereocenters. The molecule has 126 valence electrons. The van der Waals surface area contributed by atoms with Crippen LogP contribution in [0.3, 0.4) is 0 Å². The number of halogens is 2. The molecule has 0 bridgehead atoms. The third kappa shape index (κ3) is 5.53. The number of anilines is 1. The molecule has 6 nitrogen and oxygen atoms in total. The van der Waals surface area contributed by atoms with Gasteiger partial charge < -0.3 is 10.1 Å². The Morgan fingerprint density at radius 3 is 2.79 bits per heavy atom. The van der Waals surface area contributed by atoms with E-state index in [1.54, 1.807) is 18.2 Å². The first-order valence-electron chi connectivity index (χ1n) is 6.98. The van der Waals surface area contributed by atoms with Crippen LogP contribution in [-0.2, 0) is 4.79 Å². The Labute approximate surface area is 142 Å². The Balaban J connectivity index is 1.83. The Morgan fingerprint density at radius 1 is 1.38 bits per heavy atom. The smallest absolute Gasteiger partial charge is 0.267 e. The molecule has 2 rings (SSSR count). The van der Waals surface area contributed by atoms with Crippen LogP contribution in [0.2, 0.25) is 5.02 Å². The summed E-state index contributed by atoms with van der Waals surface area (Å²) in [6.45, 7) is 0.800. The highest BCUT2D eigenvalue weighted by molar-refractivity contribution is 6.33. The monoisotopic (exact) mass is 351 g/mol. The van der Waals surface area contributed by atoms with Gasteiger partial charge in [0.05, 0.1) is 11.6 Å². The van der Waals surface area contributed by atoms with Crippen molar-refractivity contribution in [2.24, 2.45) is 0 Å². The molecular formula is C16H15ClFN3O3. The van der Waals surface area contributed by atoms with Gasteiger partial charge in [-0.1, -0.05) is 11.6 Å². The van der Waals surface area contributed by atoms with Gasteiger partial charge in [-0.25, -0.2) is 14.9 Å². The van der Waals surface area contributed by atoms with Gasteiger partial charge in [-0.15, -0.1) is 0 Å². The predicted octanol–water partition coefficient (Wildman–Crippen LogP) is 2.88. The van der Waals surface area contributed by atoms with Crippen molar-refractivity contribution in [2.75, 3.05) is 18.5 Å². The number of aromatic nitrogens is 1. The van der Waals surface area contributed by atoms with Crippen LogP contribution in [0.25, 0.3) is 6.08 Å². The van der Waals surface area contributed by atoms with Crippen molar-refractivity contribution >= 4 is 29.4 Å². The van der Waals surface area contributed by atoms with Gasteiger partial charge in [-0.2, -0.15) is 0 Å². The summed E-state index contributed by atoms with van der Waals surface area (Å²) in [6.07, 6.45) is 4.14. The zero-order valence-corrected chi connectivity index (χ0v) is 13.3. The molecule has 0 saturated heterocycles. The zero-order valence-electron chi connectivity index (χ0n) is 12.5. The van der Waals surface area contributed by atoms with Crippen LogP contribution >= 0.6 is 11.6 Å². The van der Waals surface area contributed by atoms with Crippen LogP contribution in [-0.4, -0.2) is 29.3 Å². The zero-order chi connectivity index (χ0) is 17.4. The molecule has 0 aliphatic heterocycles. The standard InChI is InChI=1S/C16H15ClFN3O3/c17-14-9-11(1-6-15(22)21-23)10-20-16(14)19-7-8-24-13-4-2-12(18)3-5-13/h1-6,9-10,23H,7-8H2,(H,19,20)(H,21,22). The summed E-state index contributed by atoms with van der Waals surface area (Å²) < 4.78 is 18.2. The van der Waals surface area contributed by atoms with Gasteiger partial charge in [0.2, 0.25) is 0 Å². The highest BCUT2D eigenvalue weighted by Crippen LogP contribution is 2.20. The summed E-state index contributed by atoms with van der Waals surface area (Å²) in [7, 11) is 0. The first-order valence-corrected chi connectivity index (χ1v) is 7.36. The second-order valence-corrected chi connectivity index (χ2v) is 5.04. The van der Waals surface area contributed by atoms with Crippen molar-refractivity contribution in [1.29, 1.82) is 0 Å². The van der Waals surface area contributed by atoms with Crippen LogP contribution in [0.15, 0.2) is 42.6 Å². The largest absolute Gasteiger partial charge is 0.492 e. The van der Waals surface area contributed by atoms with Crippen LogP contribution in [0, 0.1) is 5.82 Å². The van der Waals surface area contributed by atoms with Gasteiger partial charge in [0.1, 0.15) is 24.0 Å². The third-order valence-electron chi connectivity index (χ3n) is 2.88. The second kappa shape index (κ2) is 8.85. The predicted molar refractivity (Wildman–Crippen MR) is 88.6 cm³/mol. The number of hydrogen-bond donors (Lipinski definition) is 3. The Morgan fingerprint density at radius 2 is 2.12 bits per heavy atom. The number of carbonyl (C=O) groups excluding carboxylic acids is 1. The average Bonchev–Trinajstić information content (AvgIpc) is 2.59. The maximum Gasteiger partial charge on any atom is 0.267 e. The summed E-state index contributed by atoms with van der Waals surface area (Å²) in [5.74, 6) is 0.0800. The van der Waals surface area contributed by atoms with Crippen LogP contribution in [0.4, 0.5) is 10.2 Å². The van der Waals surface area contributed by atoms with Gasteiger partial charge in [0.25, 0.3) is 5.91 Å². The molecule has 1 aromatic carbocycles. The van der Waals surface area contributed by atoms with Crippen LogP contribution in [0.5, 0.6) is 5.75 Å². The summed E-state index contributed by atoms with van der Waals surface area (Å²) in [5.41, 5.74) is 2.09. The minimum atomic E-state index is -0.647. The number of nitrogens with zero attached hydrogens (tertiary/aromatic N) is 1. The quantitative estimate of drug-likeness (QED) is 0.309. The van der Waals surface area contributed by atoms with Gasteiger partial charge in [0, 0.05) is 12.3 Å². The Kier molecular flexibility index (Phi) is 6.53. The van der Waals surface area contributed by atoms with E-state index in [0.29, 0.717) is 35.3 Å². The first kappa shape index (κ1) is 17.7. The van der Waals surface area contributed by atoms with Crippen molar-refractivity contribution in [2.45, 2.75) is 0 Å². The van der Waals surface area contributed by atoms with Crippen molar-refractivity contribution in [1.82, 2.24) is 10.5 Å². The fourth-order valence-electron chi connectivity index (χ4n) is 1.75. The third-order valence-corrected chi connectivity index (χ3v) is 3.16. The lowest BCUT2D eigenvalue weighted by Crippen LogP contribution is -2.14. The fraction of sp³-hybridized carbons (Fsp3) is 0.125. The van der Waals surface area contributed by atoms with Gasteiger partial charge in [-0.05, 0) is 42.0 Å². The van der Waals surface area contributed by atoms with E-state index in [-0.39, 0.29) is 5.82 Å². The molecule has 8 heteroatoms. The lowest BCUT2D eigenvalue weighted by atomic mass is 10.2. The molecule has 0 fully saturated rings. The molecule has 3 N–H and O–H groups in total. The van der Waals surface area contributed by atoms with Crippen molar-refractivity contribution in [3.8, 4) is 5.75 Å². The molecule has 0 saturated carbocycles.